The number of benzene rings is 1. The minimum atomic E-state index is -0.225. The molecule has 3 unspecified atom stereocenters. The number of hydrogen-bond acceptors (Lipinski definition) is 2. The van der Waals surface area contributed by atoms with Crippen LogP contribution in [0.3, 0.4) is 0 Å². The summed E-state index contributed by atoms with van der Waals surface area (Å²) in [4.78, 5) is 0. The maximum Gasteiger partial charge on any atom is 0.0526 e. The highest BCUT2D eigenvalue weighted by Gasteiger charge is 2.09. The van der Waals surface area contributed by atoms with Gasteiger partial charge in [-0.1, -0.05) is 29.8 Å². The lowest BCUT2D eigenvalue weighted by Gasteiger charge is -2.21. The lowest BCUT2D eigenvalue weighted by Crippen LogP contribution is -2.36. The molecule has 3 atom stereocenters. The van der Waals surface area contributed by atoms with Crippen LogP contribution in [-0.4, -0.2) is 23.3 Å². The van der Waals surface area contributed by atoms with Crippen LogP contribution in [0.15, 0.2) is 24.3 Å². The highest BCUT2D eigenvalue weighted by molar-refractivity contribution is 5.22. The molecule has 1 rings (SSSR count). The Morgan fingerprint density at radius 3 is 2.50 bits per heavy atom. The molecule has 1 aromatic carbocycles. The molecular formula is C16H27NO. The largest absolute Gasteiger partial charge is 0.393 e. The molecule has 0 aromatic heterocycles. The molecule has 2 N–H and O–H groups in total. The Morgan fingerprint density at radius 1 is 1.17 bits per heavy atom. The first kappa shape index (κ1) is 15.2. The number of nitrogens with one attached hydrogen (secondary N) is 1. The van der Waals surface area contributed by atoms with E-state index in [9.17, 15) is 5.11 Å². The van der Waals surface area contributed by atoms with Crippen LogP contribution in [0.4, 0.5) is 0 Å². The number of aliphatic hydroxyl groups excluding tert-OH is 1. The minimum absolute atomic E-state index is 0.225. The number of aliphatic hydroxyl groups is 1. The lowest BCUT2D eigenvalue weighted by atomic mass is 10.0. The van der Waals surface area contributed by atoms with Crippen LogP contribution in [0.25, 0.3) is 0 Å². The Kier molecular flexibility index (Phi) is 6.37. The van der Waals surface area contributed by atoms with Gasteiger partial charge in [0.05, 0.1) is 6.10 Å². The second kappa shape index (κ2) is 7.55. The van der Waals surface area contributed by atoms with Crippen LogP contribution in [0.2, 0.25) is 0 Å². The molecule has 0 fully saturated rings. The van der Waals surface area contributed by atoms with Gasteiger partial charge in [-0.25, -0.2) is 0 Å². The third-order valence-electron chi connectivity index (χ3n) is 3.21. The van der Waals surface area contributed by atoms with Gasteiger partial charge in [-0.2, -0.15) is 0 Å². The van der Waals surface area contributed by atoms with Crippen LogP contribution in [0, 0.1) is 6.92 Å². The Balaban J connectivity index is 2.30. The maximum atomic E-state index is 9.33. The Morgan fingerprint density at radius 2 is 1.89 bits per heavy atom. The summed E-state index contributed by atoms with van der Waals surface area (Å²) in [6.07, 6.45) is 2.83. The first-order chi connectivity index (χ1) is 8.47. The zero-order valence-corrected chi connectivity index (χ0v) is 12.1. The highest BCUT2D eigenvalue weighted by atomic mass is 16.3. The first-order valence-corrected chi connectivity index (χ1v) is 6.97. The molecule has 0 saturated carbocycles. The van der Waals surface area contributed by atoms with E-state index < -0.39 is 0 Å². The highest BCUT2D eigenvalue weighted by Crippen LogP contribution is 2.09. The third-order valence-corrected chi connectivity index (χ3v) is 3.21. The van der Waals surface area contributed by atoms with Gasteiger partial charge in [-0.3, -0.25) is 0 Å². The standard InChI is InChI=1S/C16H27NO/c1-12-6-5-7-16(10-12)9-8-13(2)17-14(3)11-15(4)18/h5-7,10,13-15,17-18H,8-9,11H2,1-4H3. The fourth-order valence-electron chi connectivity index (χ4n) is 2.40. The summed E-state index contributed by atoms with van der Waals surface area (Å²) in [5, 5.41) is 12.9. The predicted molar refractivity (Wildman–Crippen MR) is 77.9 cm³/mol. The van der Waals surface area contributed by atoms with Gasteiger partial charge in [-0.15, -0.1) is 0 Å². The molecule has 0 radical (unpaired) electrons. The molecule has 0 amide bonds. The molecule has 102 valence electrons. The third kappa shape index (κ3) is 6.18. The Hall–Kier alpha value is -0.860. The summed E-state index contributed by atoms with van der Waals surface area (Å²) in [5.74, 6) is 0. The molecule has 0 heterocycles. The van der Waals surface area contributed by atoms with E-state index >= 15 is 0 Å². The molecule has 2 heteroatoms. The summed E-state index contributed by atoms with van der Waals surface area (Å²) in [6, 6.07) is 9.57. The van der Waals surface area contributed by atoms with Gasteiger partial charge < -0.3 is 10.4 Å². The second-order valence-corrected chi connectivity index (χ2v) is 5.58. The van der Waals surface area contributed by atoms with Crippen molar-refractivity contribution in [2.45, 2.75) is 65.1 Å². The zero-order valence-electron chi connectivity index (χ0n) is 12.1. The van der Waals surface area contributed by atoms with E-state index in [0.29, 0.717) is 12.1 Å². The normalized spacial score (nSPS) is 16.3. The SMILES string of the molecule is Cc1cccc(CCC(C)NC(C)CC(C)O)c1. The monoisotopic (exact) mass is 249 g/mol. The fourth-order valence-corrected chi connectivity index (χ4v) is 2.40. The van der Waals surface area contributed by atoms with Gasteiger partial charge in [0.25, 0.3) is 0 Å². The lowest BCUT2D eigenvalue weighted by molar-refractivity contribution is 0.168. The van der Waals surface area contributed by atoms with Crippen molar-refractivity contribution < 1.29 is 5.11 Å². The minimum Gasteiger partial charge on any atom is -0.393 e. The number of rotatable bonds is 7. The molecule has 2 nitrogen and oxygen atoms in total. The molecule has 0 saturated heterocycles. The Bertz CT molecular complexity index is 349. The van der Waals surface area contributed by atoms with Gasteiger partial charge >= 0.3 is 0 Å². The molecule has 1 aromatic rings. The van der Waals surface area contributed by atoms with Crippen molar-refractivity contribution in [3.63, 3.8) is 0 Å². The van der Waals surface area contributed by atoms with E-state index in [-0.39, 0.29) is 6.10 Å². The molecule has 0 spiro atoms. The average Bonchev–Trinajstić information content (AvgIpc) is 2.25. The molecule has 18 heavy (non-hydrogen) atoms. The molecule has 0 aliphatic rings. The summed E-state index contributed by atoms with van der Waals surface area (Å²) >= 11 is 0. The van der Waals surface area contributed by atoms with E-state index in [1.54, 1.807) is 0 Å². The van der Waals surface area contributed by atoms with Crippen LogP contribution in [0.1, 0.15) is 44.7 Å². The first-order valence-electron chi connectivity index (χ1n) is 6.97. The summed E-state index contributed by atoms with van der Waals surface area (Å²) < 4.78 is 0. The predicted octanol–water partition coefficient (Wildman–Crippen LogP) is 3.07. The van der Waals surface area contributed by atoms with E-state index in [0.717, 1.165) is 19.3 Å². The number of aryl methyl sites for hydroxylation is 2. The molecule has 0 bridgehead atoms. The maximum absolute atomic E-state index is 9.33. The topological polar surface area (TPSA) is 32.3 Å². The van der Waals surface area contributed by atoms with Crippen molar-refractivity contribution in [3.05, 3.63) is 35.4 Å². The molecule has 0 aliphatic carbocycles. The van der Waals surface area contributed by atoms with Crippen molar-refractivity contribution in [3.8, 4) is 0 Å². The van der Waals surface area contributed by atoms with Crippen LogP contribution < -0.4 is 5.32 Å². The van der Waals surface area contributed by atoms with Gasteiger partial charge in [0.2, 0.25) is 0 Å². The van der Waals surface area contributed by atoms with E-state index in [1.807, 2.05) is 6.92 Å². The van der Waals surface area contributed by atoms with Crippen LogP contribution >= 0.6 is 0 Å². The van der Waals surface area contributed by atoms with Crippen molar-refractivity contribution >= 4 is 0 Å². The zero-order chi connectivity index (χ0) is 13.5. The Labute approximate surface area is 111 Å². The summed E-state index contributed by atoms with van der Waals surface area (Å²) in [5.41, 5.74) is 2.74. The van der Waals surface area contributed by atoms with Gasteiger partial charge in [0.15, 0.2) is 0 Å². The second-order valence-electron chi connectivity index (χ2n) is 5.58. The van der Waals surface area contributed by atoms with Crippen LogP contribution in [-0.2, 0) is 6.42 Å². The number of hydrogen-bond donors (Lipinski definition) is 2. The van der Waals surface area contributed by atoms with Crippen LogP contribution in [0.5, 0.6) is 0 Å². The fraction of sp³-hybridized carbons (Fsp3) is 0.625. The summed E-state index contributed by atoms with van der Waals surface area (Å²) in [6.45, 7) is 8.33. The van der Waals surface area contributed by atoms with E-state index in [2.05, 4.69) is 50.4 Å². The van der Waals surface area contributed by atoms with E-state index in [4.69, 9.17) is 0 Å². The van der Waals surface area contributed by atoms with Crippen molar-refractivity contribution in [1.82, 2.24) is 5.32 Å². The van der Waals surface area contributed by atoms with Gasteiger partial charge in [0, 0.05) is 12.1 Å². The van der Waals surface area contributed by atoms with Crippen molar-refractivity contribution in [2.24, 2.45) is 0 Å². The van der Waals surface area contributed by atoms with Crippen molar-refractivity contribution in [2.75, 3.05) is 0 Å². The molecular weight excluding hydrogens is 222 g/mol. The van der Waals surface area contributed by atoms with Crippen molar-refractivity contribution in [1.29, 1.82) is 0 Å². The average molecular weight is 249 g/mol. The molecule has 0 aliphatic heterocycles. The quantitative estimate of drug-likeness (QED) is 0.778. The van der Waals surface area contributed by atoms with Gasteiger partial charge in [-0.05, 0) is 52.5 Å². The smallest absolute Gasteiger partial charge is 0.0526 e. The summed E-state index contributed by atoms with van der Waals surface area (Å²) in [7, 11) is 0. The van der Waals surface area contributed by atoms with Gasteiger partial charge in [0.1, 0.15) is 0 Å². The van der Waals surface area contributed by atoms with E-state index in [1.165, 1.54) is 11.1 Å².